The number of thioether (sulfide) groups is 2. The molecule has 1 aliphatic heterocycles. The molecule has 0 bridgehead atoms. The minimum Gasteiger partial charge on any atom is -0.392 e. The van der Waals surface area contributed by atoms with Crippen LogP contribution >= 0.6 is 46.1 Å². The van der Waals surface area contributed by atoms with Crippen LogP contribution in [0.1, 0.15) is 19.4 Å². The monoisotopic (exact) mass is 394 g/mol. The van der Waals surface area contributed by atoms with Gasteiger partial charge in [0.2, 0.25) is 0 Å². The summed E-state index contributed by atoms with van der Waals surface area (Å²) in [6.07, 6.45) is 0.550. The fraction of sp³-hybridized carbons (Fsp3) is 0.571. The van der Waals surface area contributed by atoms with Crippen molar-refractivity contribution in [2.24, 2.45) is 0 Å². The Bertz CT molecular complexity index is 382. The molecule has 18 heavy (non-hydrogen) atoms. The molecule has 0 spiro atoms. The van der Waals surface area contributed by atoms with Crippen molar-refractivity contribution in [3.63, 3.8) is 0 Å². The van der Waals surface area contributed by atoms with E-state index in [2.05, 4.69) is 60.7 Å². The fourth-order valence-electron chi connectivity index (χ4n) is 2.00. The zero-order chi connectivity index (χ0) is 13.1. The molecule has 0 amide bonds. The predicted molar refractivity (Wildman–Crippen MR) is 91.6 cm³/mol. The van der Waals surface area contributed by atoms with E-state index in [-0.39, 0.29) is 6.10 Å². The Hall–Kier alpha value is 0.610. The fourth-order valence-corrected chi connectivity index (χ4v) is 5.38. The first-order valence-electron chi connectivity index (χ1n) is 6.26. The Morgan fingerprint density at radius 3 is 2.56 bits per heavy atom. The first-order chi connectivity index (χ1) is 8.56. The van der Waals surface area contributed by atoms with Crippen molar-refractivity contribution in [1.29, 1.82) is 0 Å². The average molecular weight is 394 g/mol. The number of aliphatic hydroxyl groups excluding tert-OH is 1. The maximum Gasteiger partial charge on any atom is 0.0707 e. The lowest BCUT2D eigenvalue weighted by molar-refractivity contribution is 0.177. The van der Waals surface area contributed by atoms with Gasteiger partial charge in [0, 0.05) is 25.1 Å². The third-order valence-electron chi connectivity index (χ3n) is 3.36. The van der Waals surface area contributed by atoms with Gasteiger partial charge in [-0.25, -0.2) is 0 Å². The average Bonchev–Trinajstić information content (AvgIpc) is 2.35. The Kier molecular flexibility index (Phi) is 5.72. The van der Waals surface area contributed by atoms with Crippen LogP contribution in [-0.4, -0.2) is 32.7 Å². The van der Waals surface area contributed by atoms with Crippen LogP contribution in [0, 0.1) is 3.57 Å². The summed E-state index contributed by atoms with van der Waals surface area (Å²) in [6.45, 7) is 4.55. The molecular formula is C14H19IOS2. The van der Waals surface area contributed by atoms with E-state index in [1.54, 1.807) is 0 Å². The molecule has 1 saturated heterocycles. The summed E-state index contributed by atoms with van der Waals surface area (Å²) >= 11 is 6.25. The van der Waals surface area contributed by atoms with E-state index in [4.69, 9.17) is 0 Å². The van der Waals surface area contributed by atoms with Crippen molar-refractivity contribution in [3.05, 3.63) is 33.4 Å². The minimum absolute atomic E-state index is 0.225. The normalized spacial score (nSPS) is 30.1. The van der Waals surface area contributed by atoms with Gasteiger partial charge in [-0.2, -0.15) is 23.5 Å². The molecule has 0 saturated carbocycles. The van der Waals surface area contributed by atoms with Crippen LogP contribution in [0.5, 0.6) is 0 Å². The minimum atomic E-state index is -0.225. The van der Waals surface area contributed by atoms with Gasteiger partial charge in [-0.15, -0.1) is 0 Å². The number of rotatable bonds is 3. The van der Waals surface area contributed by atoms with Crippen LogP contribution in [-0.2, 0) is 6.42 Å². The number of benzene rings is 1. The zero-order valence-electron chi connectivity index (χ0n) is 10.7. The molecule has 4 unspecified atom stereocenters. The number of halogens is 1. The van der Waals surface area contributed by atoms with Crippen molar-refractivity contribution in [2.45, 2.75) is 42.1 Å². The molecule has 100 valence electrons. The number of hydrogen-bond acceptors (Lipinski definition) is 3. The quantitative estimate of drug-likeness (QED) is 0.788. The zero-order valence-corrected chi connectivity index (χ0v) is 14.5. The van der Waals surface area contributed by atoms with Crippen LogP contribution in [0.25, 0.3) is 0 Å². The number of aliphatic hydroxyl groups is 1. The van der Waals surface area contributed by atoms with Crippen LogP contribution in [0.2, 0.25) is 0 Å². The molecule has 0 aliphatic carbocycles. The number of hydrogen-bond donors (Lipinski definition) is 1. The highest BCUT2D eigenvalue weighted by Gasteiger charge is 2.30. The molecule has 4 atom stereocenters. The molecule has 1 aromatic rings. The van der Waals surface area contributed by atoms with Crippen LogP contribution in [0.4, 0.5) is 0 Å². The van der Waals surface area contributed by atoms with E-state index in [0.717, 1.165) is 12.2 Å². The summed E-state index contributed by atoms with van der Waals surface area (Å²) in [7, 11) is 0. The molecule has 1 nitrogen and oxygen atoms in total. The smallest absolute Gasteiger partial charge is 0.0707 e. The SMILES string of the molecule is CC1SCC(C(O)Cc2ccc(I)cc2)SC1C. The van der Waals surface area contributed by atoms with Gasteiger partial charge in [0.1, 0.15) is 0 Å². The van der Waals surface area contributed by atoms with E-state index in [9.17, 15) is 5.11 Å². The highest BCUT2D eigenvalue weighted by molar-refractivity contribution is 14.1. The van der Waals surface area contributed by atoms with Gasteiger partial charge in [0.05, 0.1) is 6.10 Å². The molecule has 2 rings (SSSR count). The largest absolute Gasteiger partial charge is 0.392 e. The molecule has 4 heteroatoms. The van der Waals surface area contributed by atoms with Gasteiger partial charge in [0.15, 0.2) is 0 Å². The van der Waals surface area contributed by atoms with Gasteiger partial charge in [-0.05, 0) is 46.7 Å². The summed E-state index contributed by atoms with van der Waals surface area (Å²) in [5, 5.41) is 12.1. The van der Waals surface area contributed by atoms with Crippen molar-refractivity contribution in [3.8, 4) is 0 Å². The Balaban J connectivity index is 1.91. The van der Waals surface area contributed by atoms with Crippen LogP contribution in [0.3, 0.4) is 0 Å². The van der Waals surface area contributed by atoms with Gasteiger partial charge in [-0.3, -0.25) is 0 Å². The van der Waals surface area contributed by atoms with E-state index >= 15 is 0 Å². The molecule has 1 N–H and O–H groups in total. The first kappa shape index (κ1) is 15.0. The Labute approximate surface area is 132 Å². The van der Waals surface area contributed by atoms with Gasteiger partial charge < -0.3 is 5.11 Å². The summed E-state index contributed by atoms with van der Waals surface area (Å²) in [4.78, 5) is 0. The molecule has 0 radical (unpaired) electrons. The summed E-state index contributed by atoms with van der Waals surface area (Å²) in [6, 6.07) is 8.46. The van der Waals surface area contributed by atoms with Crippen molar-refractivity contribution in [1.82, 2.24) is 0 Å². The van der Waals surface area contributed by atoms with Gasteiger partial charge in [0.25, 0.3) is 0 Å². The van der Waals surface area contributed by atoms with Gasteiger partial charge in [-0.1, -0.05) is 26.0 Å². The molecule has 1 heterocycles. The maximum atomic E-state index is 10.4. The van der Waals surface area contributed by atoms with Crippen molar-refractivity contribution >= 4 is 46.1 Å². The molecule has 1 aromatic carbocycles. The second-order valence-corrected chi connectivity index (χ2v) is 9.09. The van der Waals surface area contributed by atoms with Gasteiger partial charge >= 0.3 is 0 Å². The highest BCUT2D eigenvalue weighted by atomic mass is 127. The topological polar surface area (TPSA) is 20.2 Å². The predicted octanol–water partition coefficient (Wildman–Crippen LogP) is 3.82. The lowest BCUT2D eigenvalue weighted by Crippen LogP contribution is -2.35. The second-order valence-electron chi connectivity index (χ2n) is 4.82. The van der Waals surface area contributed by atoms with E-state index in [0.29, 0.717) is 15.7 Å². The highest BCUT2D eigenvalue weighted by Crippen LogP contribution is 2.37. The molecular weight excluding hydrogens is 375 g/mol. The summed E-state index contributed by atoms with van der Waals surface area (Å²) in [5.74, 6) is 1.07. The van der Waals surface area contributed by atoms with E-state index < -0.39 is 0 Å². The summed E-state index contributed by atoms with van der Waals surface area (Å²) < 4.78 is 1.25. The van der Waals surface area contributed by atoms with Crippen LogP contribution < -0.4 is 0 Å². The Morgan fingerprint density at radius 2 is 1.94 bits per heavy atom. The third kappa shape index (κ3) is 4.05. The van der Waals surface area contributed by atoms with Crippen molar-refractivity contribution < 1.29 is 5.11 Å². The molecule has 1 fully saturated rings. The van der Waals surface area contributed by atoms with E-state index in [1.165, 1.54) is 9.13 Å². The second kappa shape index (κ2) is 6.86. The lowest BCUT2D eigenvalue weighted by atomic mass is 10.1. The summed E-state index contributed by atoms with van der Waals surface area (Å²) in [5.41, 5.74) is 1.24. The molecule has 1 aliphatic rings. The maximum absolute atomic E-state index is 10.4. The lowest BCUT2D eigenvalue weighted by Gasteiger charge is -2.33. The first-order valence-corrected chi connectivity index (χ1v) is 9.33. The van der Waals surface area contributed by atoms with E-state index in [1.807, 2.05) is 23.5 Å². The molecule has 0 aromatic heterocycles. The third-order valence-corrected chi connectivity index (χ3v) is 7.62. The standard InChI is InChI=1S/C14H19IOS2/c1-9-10(2)18-14(8-17-9)13(16)7-11-3-5-12(15)6-4-11/h3-6,9-10,13-14,16H,7-8H2,1-2H3. The Morgan fingerprint density at radius 1 is 1.28 bits per heavy atom. The van der Waals surface area contributed by atoms with Crippen molar-refractivity contribution in [2.75, 3.05) is 5.75 Å². The van der Waals surface area contributed by atoms with Crippen LogP contribution in [0.15, 0.2) is 24.3 Å².